The first-order valence-electron chi connectivity index (χ1n) is 5.82. The first kappa shape index (κ1) is 15.9. The standard InChI is InChI=1S/C13H16ClNO3S/c1-9(6-13(17)18)19-8-12(16)15-7-10-4-2-3-5-11(10)14/h2-5,9H,6-8H2,1H3,(H,15,16)(H,17,18). The van der Waals surface area contributed by atoms with Crippen LogP contribution in [-0.4, -0.2) is 28.0 Å². The van der Waals surface area contributed by atoms with Crippen LogP contribution >= 0.6 is 23.4 Å². The number of rotatable bonds is 7. The molecule has 0 spiro atoms. The first-order valence-corrected chi connectivity index (χ1v) is 7.25. The summed E-state index contributed by atoms with van der Waals surface area (Å²) in [6.45, 7) is 2.17. The van der Waals surface area contributed by atoms with Gasteiger partial charge in [0.15, 0.2) is 0 Å². The number of carbonyl (C=O) groups is 2. The third kappa shape index (κ3) is 6.50. The van der Waals surface area contributed by atoms with Crippen LogP contribution in [0.25, 0.3) is 0 Å². The normalized spacial score (nSPS) is 11.9. The van der Waals surface area contributed by atoms with Crippen LogP contribution in [0, 0.1) is 0 Å². The SMILES string of the molecule is CC(CC(=O)O)SCC(=O)NCc1ccccc1Cl. The molecule has 0 bridgehead atoms. The monoisotopic (exact) mass is 301 g/mol. The molecule has 1 unspecified atom stereocenters. The number of benzene rings is 1. The Bertz CT molecular complexity index is 453. The number of thioether (sulfide) groups is 1. The predicted molar refractivity (Wildman–Crippen MR) is 77.5 cm³/mol. The molecule has 1 rings (SSSR count). The Kier molecular flexibility index (Phi) is 6.73. The summed E-state index contributed by atoms with van der Waals surface area (Å²) in [6, 6.07) is 7.31. The molecular formula is C13H16ClNO3S. The van der Waals surface area contributed by atoms with E-state index in [4.69, 9.17) is 16.7 Å². The third-order valence-corrected chi connectivity index (χ3v) is 3.93. The van der Waals surface area contributed by atoms with E-state index in [2.05, 4.69) is 5.32 Å². The molecule has 2 N–H and O–H groups in total. The molecule has 1 amide bonds. The van der Waals surface area contributed by atoms with Crippen LogP contribution < -0.4 is 5.32 Å². The number of carboxylic acid groups (broad SMARTS) is 1. The Morgan fingerprint density at radius 2 is 2.11 bits per heavy atom. The van der Waals surface area contributed by atoms with Gasteiger partial charge < -0.3 is 10.4 Å². The fraction of sp³-hybridized carbons (Fsp3) is 0.385. The van der Waals surface area contributed by atoms with Crippen molar-refractivity contribution in [2.24, 2.45) is 0 Å². The molecule has 0 aromatic heterocycles. The summed E-state index contributed by atoms with van der Waals surface area (Å²) in [6.07, 6.45) is 0.0580. The molecule has 19 heavy (non-hydrogen) atoms. The topological polar surface area (TPSA) is 66.4 Å². The largest absolute Gasteiger partial charge is 0.481 e. The van der Waals surface area contributed by atoms with Crippen molar-refractivity contribution in [3.63, 3.8) is 0 Å². The summed E-state index contributed by atoms with van der Waals surface area (Å²) in [5.74, 6) is -0.725. The molecule has 1 aromatic rings. The van der Waals surface area contributed by atoms with Crippen molar-refractivity contribution in [1.82, 2.24) is 5.32 Å². The molecule has 1 aromatic carbocycles. The Hall–Kier alpha value is -1.20. The van der Waals surface area contributed by atoms with Crippen LogP contribution in [0.5, 0.6) is 0 Å². The van der Waals surface area contributed by atoms with Crippen LogP contribution in [0.2, 0.25) is 5.02 Å². The first-order chi connectivity index (χ1) is 8.99. The van der Waals surface area contributed by atoms with Gasteiger partial charge in [0.05, 0.1) is 12.2 Å². The average molecular weight is 302 g/mol. The number of aliphatic carboxylic acids is 1. The number of carboxylic acids is 1. The Labute approximate surface area is 121 Å². The second-order valence-corrected chi connectivity index (χ2v) is 5.92. The summed E-state index contributed by atoms with van der Waals surface area (Å²) < 4.78 is 0. The van der Waals surface area contributed by atoms with E-state index in [9.17, 15) is 9.59 Å². The van der Waals surface area contributed by atoms with Gasteiger partial charge in [0.1, 0.15) is 0 Å². The maximum Gasteiger partial charge on any atom is 0.304 e. The van der Waals surface area contributed by atoms with Gasteiger partial charge in [0.2, 0.25) is 5.91 Å². The number of hydrogen-bond acceptors (Lipinski definition) is 3. The molecule has 0 heterocycles. The van der Waals surface area contributed by atoms with Crippen molar-refractivity contribution >= 4 is 35.2 Å². The van der Waals surface area contributed by atoms with Crippen molar-refractivity contribution in [3.05, 3.63) is 34.9 Å². The van der Waals surface area contributed by atoms with Crippen molar-refractivity contribution in [1.29, 1.82) is 0 Å². The van der Waals surface area contributed by atoms with E-state index in [-0.39, 0.29) is 23.3 Å². The lowest BCUT2D eigenvalue weighted by molar-refractivity contribution is -0.136. The van der Waals surface area contributed by atoms with E-state index in [0.717, 1.165) is 5.56 Å². The maximum absolute atomic E-state index is 11.6. The average Bonchev–Trinajstić information content (AvgIpc) is 2.34. The maximum atomic E-state index is 11.6. The van der Waals surface area contributed by atoms with Gasteiger partial charge in [-0.05, 0) is 11.6 Å². The fourth-order valence-electron chi connectivity index (χ4n) is 1.41. The Balaban J connectivity index is 2.29. The van der Waals surface area contributed by atoms with Crippen LogP contribution in [0.15, 0.2) is 24.3 Å². The van der Waals surface area contributed by atoms with E-state index < -0.39 is 5.97 Å². The number of halogens is 1. The number of hydrogen-bond donors (Lipinski definition) is 2. The lowest BCUT2D eigenvalue weighted by Gasteiger charge is -2.09. The highest BCUT2D eigenvalue weighted by molar-refractivity contribution is 8.00. The number of nitrogens with one attached hydrogen (secondary N) is 1. The minimum Gasteiger partial charge on any atom is -0.481 e. The minimum absolute atomic E-state index is 0.0580. The lowest BCUT2D eigenvalue weighted by Crippen LogP contribution is -2.25. The molecule has 0 saturated heterocycles. The second-order valence-electron chi connectivity index (χ2n) is 4.09. The van der Waals surface area contributed by atoms with Crippen molar-refractivity contribution < 1.29 is 14.7 Å². The van der Waals surface area contributed by atoms with Crippen molar-refractivity contribution in [2.45, 2.75) is 25.1 Å². The van der Waals surface area contributed by atoms with E-state index in [0.29, 0.717) is 11.6 Å². The highest BCUT2D eigenvalue weighted by atomic mass is 35.5. The molecule has 0 saturated carbocycles. The zero-order valence-electron chi connectivity index (χ0n) is 10.6. The van der Waals surface area contributed by atoms with Crippen LogP contribution in [0.4, 0.5) is 0 Å². The van der Waals surface area contributed by atoms with Gasteiger partial charge in [0, 0.05) is 16.8 Å². The highest BCUT2D eigenvalue weighted by Crippen LogP contribution is 2.15. The number of carbonyl (C=O) groups excluding carboxylic acids is 1. The summed E-state index contributed by atoms with van der Waals surface area (Å²) >= 11 is 7.30. The molecule has 104 valence electrons. The zero-order chi connectivity index (χ0) is 14.3. The zero-order valence-corrected chi connectivity index (χ0v) is 12.1. The van der Waals surface area contributed by atoms with Crippen molar-refractivity contribution in [3.8, 4) is 0 Å². The summed E-state index contributed by atoms with van der Waals surface area (Å²) in [7, 11) is 0. The molecule has 0 aliphatic carbocycles. The van der Waals surface area contributed by atoms with Gasteiger partial charge in [-0.2, -0.15) is 0 Å². The second kappa shape index (κ2) is 8.07. The quantitative estimate of drug-likeness (QED) is 0.812. The third-order valence-electron chi connectivity index (χ3n) is 2.39. The van der Waals surface area contributed by atoms with Crippen LogP contribution in [0.1, 0.15) is 18.9 Å². The van der Waals surface area contributed by atoms with Gasteiger partial charge in [-0.25, -0.2) is 0 Å². The molecule has 4 nitrogen and oxygen atoms in total. The van der Waals surface area contributed by atoms with Gasteiger partial charge in [-0.15, -0.1) is 11.8 Å². The molecule has 0 aliphatic heterocycles. The molecule has 1 atom stereocenters. The van der Waals surface area contributed by atoms with Gasteiger partial charge in [0.25, 0.3) is 0 Å². The molecule has 0 radical (unpaired) electrons. The molecular weight excluding hydrogens is 286 g/mol. The lowest BCUT2D eigenvalue weighted by atomic mass is 10.2. The Morgan fingerprint density at radius 1 is 1.42 bits per heavy atom. The Morgan fingerprint density at radius 3 is 2.74 bits per heavy atom. The van der Waals surface area contributed by atoms with E-state index in [1.54, 1.807) is 13.0 Å². The highest BCUT2D eigenvalue weighted by Gasteiger charge is 2.10. The van der Waals surface area contributed by atoms with E-state index in [1.165, 1.54) is 11.8 Å². The van der Waals surface area contributed by atoms with Crippen LogP contribution in [-0.2, 0) is 16.1 Å². The number of amides is 1. The summed E-state index contributed by atoms with van der Waals surface area (Å²) in [5, 5.41) is 11.9. The minimum atomic E-state index is -0.850. The smallest absolute Gasteiger partial charge is 0.304 e. The van der Waals surface area contributed by atoms with Gasteiger partial charge in [-0.1, -0.05) is 36.7 Å². The summed E-state index contributed by atoms with van der Waals surface area (Å²) in [4.78, 5) is 22.1. The predicted octanol–water partition coefficient (Wildman–Crippen LogP) is 2.55. The van der Waals surface area contributed by atoms with E-state index >= 15 is 0 Å². The molecule has 6 heteroatoms. The van der Waals surface area contributed by atoms with Crippen LogP contribution in [0.3, 0.4) is 0 Å². The summed E-state index contributed by atoms with van der Waals surface area (Å²) in [5.41, 5.74) is 0.862. The van der Waals surface area contributed by atoms with E-state index in [1.807, 2.05) is 18.2 Å². The van der Waals surface area contributed by atoms with Gasteiger partial charge in [-0.3, -0.25) is 9.59 Å². The molecule has 0 aliphatic rings. The molecule has 0 fully saturated rings. The van der Waals surface area contributed by atoms with Crippen molar-refractivity contribution in [2.75, 3.05) is 5.75 Å². The van der Waals surface area contributed by atoms with Gasteiger partial charge >= 0.3 is 5.97 Å². The fourth-order valence-corrected chi connectivity index (χ4v) is 2.41.